The first-order valence-corrected chi connectivity index (χ1v) is 6.67. The van der Waals surface area contributed by atoms with Crippen molar-refractivity contribution in [1.82, 2.24) is 10.6 Å². The van der Waals surface area contributed by atoms with Crippen molar-refractivity contribution in [2.75, 3.05) is 13.2 Å². The summed E-state index contributed by atoms with van der Waals surface area (Å²) in [7, 11) is 0. The zero-order valence-corrected chi connectivity index (χ0v) is 11.5. The lowest BCUT2D eigenvalue weighted by atomic mass is 10.1. The van der Waals surface area contributed by atoms with Gasteiger partial charge < -0.3 is 15.4 Å². The van der Waals surface area contributed by atoms with Crippen molar-refractivity contribution in [1.29, 1.82) is 0 Å². The molecule has 1 aromatic rings. The maximum atomic E-state index is 12.8. The van der Waals surface area contributed by atoms with Gasteiger partial charge in [-0.1, -0.05) is 18.2 Å². The zero-order chi connectivity index (χ0) is 15.5. The van der Waals surface area contributed by atoms with Crippen LogP contribution in [-0.4, -0.2) is 31.2 Å². The maximum Gasteiger partial charge on any atom is 0.416 e. The largest absolute Gasteiger partial charge is 0.416 e. The molecule has 2 atom stereocenters. The normalized spacial score (nSPS) is 22.9. The van der Waals surface area contributed by atoms with Crippen LogP contribution in [0.3, 0.4) is 0 Å². The number of morpholine rings is 1. The maximum absolute atomic E-state index is 12.8. The molecule has 1 heterocycles. The Morgan fingerprint density at radius 1 is 1.43 bits per heavy atom. The molecule has 116 valence electrons. The van der Waals surface area contributed by atoms with Crippen LogP contribution in [-0.2, 0) is 22.3 Å². The van der Waals surface area contributed by atoms with Crippen LogP contribution in [0.4, 0.5) is 13.2 Å². The molecule has 0 aliphatic carbocycles. The highest BCUT2D eigenvalue weighted by Gasteiger charge is 2.33. The molecule has 0 radical (unpaired) electrons. The number of ether oxygens (including phenoxy) is 1. The minimum atomic E-state index is -4.43. The van der Waals surface area contributed by atoms with Crippen molar-refractivity contribution in [2.45, 2.75) is 31.8 Å². The van der Waals surface area contributed by atoms with Gasteiger partial charge in [-0.2, -0.15) is 13.2 Å². The highest BCUT2D eigenvalue weighted by atomic mass is 19.4. The molecule has 1 amide bonds. The summed E-state index contributed by atoms with van der Waals surface area (Å²) in [4.78, 5) is 12.0. The van der Waals surface area contributed by atoms with E-state index in [2.05, 4.69) is 10.6 Å². The molecule has 21 heavy (non-hydrogen) atoms. The third-order valence-corrected chi connectivity index (χ3v) is 3.37. The van der Waals surface area contributed by atoms with E-state index in [0.717, 1.165) is 6.07 Å². The number of hydrogen-bond acceptors (Lipinski definition) is 3. The predicted molar refractivity (Wildman–Crippen MR) is 70.5 cm³/mol. The summed E-state index contributed by atoms with van der Waals surface area (Å²) in [6.45, 7) is 2.64. The van der Waals surface area contributed by atoms with E-state index in [4.69, 9.17) is 4.74 Å². The molecule has 4 nitrogen and oxygen atoms in total. The second-order valence-corrected chi connectivity index (χ2v) is 4.88. The summed E-state index contributed by atoms with van der Waals surface area (Å²) in [6, 6.07) is 4.66. The summed E-state index contributed by atoms with van der Waals surface area (Å²) in [6.07, 6.45) is -4.74. The number of rotatable bonds is 3. The van der Waals surface area contributed by atoms with Gasteiger partial charge in [-0.15, -0.1) is 0 Å². The van der Waals surface area contributed by atoms with Gasteiger partial charge in [0.05, 0.1) is 18.3 Å². The van der Waals surface area contributed by atoms with E-state index >= 15 is 0 Å². The van der Waals surface area contributed by atoms with Gasteiger partial charge in [0.1, 0.15) is 6.04 Å². The lowest BCUT2D eigenvalue weighted by Gasteiger charge is -2.29. The number of alkyl halides is 3. The Hall–Kier alpha value is -1.60. The Bertz CT molecular complexity index is 505. The molecule has 0 spiro atoms. The van der Waals surface area contributed by atoms with Gasteiger partial charge in [0.15, 0.2) is 0 Å². The second kappa shape index (κ2) is 6.44. The monoisotopic (exact) mass is 302 g/mol. The smallest absolute Gasteiger partial charge is 0.375 e. The molecule has 0 saturated carbocycles. The Balaban J connectivity index is 2.01. The first-order valence-electron chi connectivity index (χ1n) is 6.67. The molecule has 1 saturated heterocycles. The van der Waals surface area contributed by atoms with Crippen LogP contribution in [0.15, 0.2) is 24.3 Å². The van der Waals surface area contributed by atoms with E-state index in [1.165, 1.54) is 18.2 Å². The first kappa shape index (κ1) is 15.8. The van der Waals surface area contributed by atoms with E-state index in [1.807, 2.05) is 0 Å². The number of benzene rings is 1. The molecule has 1 aromatic carbocycles. The molecular formula is C14H17F3N2O2. The van der Waals surface area contributed by atoms with Gasteiger partial charge >= 0.3 is 6.18 Å². The van der Waals surface area contributed by atoms with Gasteiger partial charge in [0.25, 0.3) is 0 Å². The molecule has 1 aliphatic rings. The van der Waals surface area contributed by atoms with Crippen LogP contribution in [0.25, 0.3) is 0 Å². The second-order valence-electron chi connectivity index (χ2n) is 4.88. The summed E-state index contributed by atoms with van der Waals surface area (Å²) in [5.74, 6) is -0.362. The molecule has 7 heteroatoms. The average Bonchev–Trinajstić information content (AvgIpc) is 2.44. The van der Waals surface area contributed by atoms with Crippen molar-refractivity contribution in [3.8, 4) is 0 Å². The van der Waals surface area contributed by atoms with Crippen molar-refractivity contribution in [3.05, 3.63) is 35.4 Å². The van der Waals surface area contributed by atoms with Crippen LogP contribution in [0.1, 0.15) is 18.1 Å². The van der Waals surface area contributed by atoms with Crippen LogP contribution in [0.2, 0.25) is 0 Å². The summed E-state index contributed by atoms with van der Waals surface area (Å²) in [5, 5.41) is 5.52. The van der Waals surface area contributed by atoms with Crippen molar-refractivity contribution in [3.63, 3.8) is 0 Å². The molecule has 2 N–H and O–H groups in total. The number of carbonyl (C=O) groups excluding carboxylic acids is 1. The van der Waals surface area contributed by atoms with Crippen molar-refractivity contribution < 1.29 is 22.7 Å². The number of carbonyl (C=O) groups is 1. The SMILES string of the molecule is C[C@H]1OCCN[C@@H]1C(=O)NCc1ccccc1C(F)(F)F. The third-order valence-electron chi connectivity index (χ3n) is 3.37. The van der Waals surface area contributed by atoms with E-state index in [1.54, 1.807) is 6.92 Å². The number of nitrogens with one attached hydrogen (secondary N) is 2. The van der Waals surface area contributed by atoms with Gasteiger partial charge in [-0.3, -0.25) is 4.79 Å². The van der Waals surface area contributed by atoms with Crippen molar-refractivity contribution in [2.24, 2.45) is 0 Å². The molecule has 1 aliphatic heterocycles. The van der Waals surface area contributed by atoms with E-state index in [0.29, 0.717) is 13.2 Å². The molecule has 0 bridgehead atoms. The fraction of sp³-hybridized carbons (Fsp3) is 0.500. The van der Waals surface area contributed by atoms with Crippen LogP contribution < -0.4 is 10.6 Å². The Labute approximate surface area is 120 Å². The minimum absolute atomic E-state index is 0.0442. The van der Waals surface area contributed by atoms with Gasteiger partial charge in [0.2, 0.25) is 5.91 Å². The van der Waals surface area contributed by atoms with E-state index < -0.39 is 17.8 Å². The Morgan fingerprint density at radius 3 is 2.81 bits per heavy atom. The predicted octanol–water partition coefficient (Wildman–Crippen LogP) is 1.70. The van der Waals surface area contributed by atoms with Gasteiger partial charge in [0, 0.05) is 13.1 Å². The lowest BCUT2D eigenvalue weighted by Crippen LogP contribution is -2.55. The molecule has 0 aromatic heterocycles. The average molecular weight is 302 g/mol. The van der Waals surface area contributed by atoms with Crippen molar-refractivity contribution >= 4 is 5.91 Å². The topological polar surface area (TPSA) is 50.4 Å². The highest BCUT2D eigenvalue weighted by Crippen LogP contribution is 2.31. The van der Waals surface area contributed by atoms with E-state index in [-0.39, 0.29) is 24.1 Å². The zero-order valence-electron chi connectivity index (χ0n) is 11.5. The number of halogens is 3. The number of hydrogen-bond donors (Lipinski definition) is 2. The van der Waals surface area contributed by atoms with Crippen LogP contribution >= 0.6 is 0 Å². The lowest BCUT2D eigenvalue weighted by molar-refractivity contribution is -0.138. The Kier molecular flexibility index (Phi) is 4.84. The van der Waals surface area contributed by atoms with E-state index in [9.17, 15) is 18.0 Å². The highest BCUT2D eigenvalue weighted by molar-refractivity contribution is 5.82. The standard InChI is InChI=1S/C14H17F3N2O2/c1-9-12(18-6-7-21-9)13(20)19-8-10-4-2-3-5-11(10)14(15,16)17/h2-5,9,12,18H,6-8H2,1H3,(H,19,20)/t9-,12+/m1/s1. The number of amides is 1. The molecule has 2 rings (SSSR count). The fourth-order valence-electron chi connectivity index (χ4n) is 2.27. The fourth-order valence-corrected chi connectivity index (χ4v) is 2.27. The summed E-state index contributed by atoms with van der Waals surface area (Å²) >= 11 is 0. The van der Waals surface area contributed by atoms with Crippen LogP contribution in [0, 0.1) is 0 Å². The molecule has 1 fully saturated rings. The Morgan fingerprint density at radius 2 is 2.14 bits per heavy atom. The third kappa shape index (κ3) is 3.95. The molecule has 0 unspecified atom stereocenters. The first-order chi connectivity index (χ1) is 9.89. The quantitative estimate of drug-likeness (QED) is 0.893. The summed E-state index contributed by atoms with van der Waals surface area (Å²) in [5.41, 5.74) is -0.686. The molecular weight excluding hydrogens is 285 g/mol. The van der Waals surface area contributed by atoms with Gasteiger partial charge in [-0.05, 0) is 18.6 Å². The summed E-state index contributed by atoms with van der Waals surface area (Å²) < 4.78 is 43.9. The minimum Gasteiger partial charge on any atom is -0.375 e. The van der Waals surface area contributed by atoms with Crippen LogP contribution in [0.5, 0.6) is 0 Å². The van der Waals surface area contributed by atoms with Gasteiger partial charge in [-0.25, -0.2) is 0 Å².